The highest BCUT2D eigenvalue weighted by molar-refractivity contribution is 7.89. The van der Waals surface area contributed by atoms with Crippen LogP contribution < -0.4 is 9.62 Å². The molecule has 1 aromatic carbocycles. The molecule has 6 nitrogen and oxygen atoms in total. The van der Waals surface area contributed by atoms with E-state index in [4.69, 9.17) is 11.6 Å². The van der Waals surface area contributed by atoms with Crippen LogP contribution in [0.15, 0.2) is 41.6 Å². The van der Waals surface area contributed by atoms with E-state index >= 15 is 0 Å². The SMILES string of the molecule is Cn1nccc1S(=O)(=O)N[C@H]1CCN(c2ccc(Cl)cc2)C1. The van der Waals surface area contributed by atoms with Crippen molar-refractivity contribution in [2.45, 2.75) is 17.5 Å². The Bertz CT molecular complexity index is 757. The molecule has 0 saturated carbocycles. The fourth-order valence-corrected chi connectivity index (χ4v) is 4.16. The first kappa shape index (κ1) is 15.3. The number of nitrogens with one attached hydrogen (secondary N) is 1. The quantitative estimate of drug-likeness (QED) is 0.918. The first-order valence-corrected chi connectivity index (χ1v) is 8.83. The predicted octanol–water partition coefficient (Wildman–Crippen LogP) is 1.63. The maximum Gasteiger partial charge on any atom is 0.258 e. The molecule has 1 atom stereocenters. The van der Waals surface area contributed by atoms with E-state index in [1.54, 1.807) is 7.05 Å². The van der Waals surface area contributed by atoms with Gasteiger partial charge in [-0.1, -0.05) is 11.6 Å². The van der Waals surface area contributed by atoms with Crippen molar-refractivity contribution in [3.05, 3.63) is 41.6 Å². The molecule has 1 fully saturated rings. The summed E-state index contributed by atoms with van der Waals surface area (Å²) in [6.45, 7) is 1.44. The van der Waals surface area contributed by atoms with E-state index in [1.807, 2.05) is 24.3 Å². The van der Waals surface area contributed by atoms with Crippen molar-refractivity contribution in [3.63, 3.8) is 0 Å². The molecule has 8 heteroatoms. The molecule has 0 unspecified atom stereocenters. The number of aryl methyl sites for hydroxylation is 1. The van der Waals surface area contributed by atoms with Crippen LogP contribution in [0.2, 0.25) is 5.02 Å². The summed E-state index contributed by atoms with van der Waals surface area (Å²) >= 11 is 5.89. The fourth-order valence-electron chi connectivity index (χ4n) is 2.65. The predicted molar refractivity (Wildman–Crippen MR) is 85.6 cm³/mol. The molecule has 2 aromatic rings. The lowest BCUT2D eigenvalue weighted by Crippen LogP contribution is -2.37. The van der Waals surface area contributed by atoms with Gasteiger partial charge in [0.15, 0.2) is 5.03 Å². The standard InChI is InChI=1S/C14H17ClN4O2S/c1-18-14(6-8-16-18)22(20,21)17-12-7-9-19(10-12)13-4-2-11(15)3-5-13/h2-6,8,12,17H,7,9-10H2,1H3/t12-/m0/s1. The Morgan fingerprint density at radius 3 is 2.64 bits per heavy atom. The molecule has 22 heavy (non-hydrogen) atoms. The molecule has 3 rings (SSSR count). The molecule has 1 N–H and O–H groups in total. The van der Waals surface area contributed by atoms with E-state index in [2.05, 4.69) is 14.7 Å². The summed E-state index contributed by atoms with van der Waals surface area (Å²) in [4.78, 5) is 2.15. The van der Waals surface area contributed by atoms with Crippen LogP contribution in [-0.2, 0) is 17.1 Å². The van der Waals surface area contributed by atoms with Gasteiger partial charge in [-0.15, -0.1) is 0 Å². The minimum Gasteiger partial charge on any atom is -0.370 e. The van der Waals surface area contributed by atoms with E-state index in [0.717, 1.165) is 18.7 Å². The molecule has 0 spiro atoms. The largest absolute Gasteiger partial charge is 0.370 e. The average Bonchev–Trinajstić information content (AvgIpc) is 3.08. The third kappa shape index (κ3) is 3.11. The van der Waals surface area contributed by atoms with Crippen LogP contribution in [0.3, 0.4) is 0 Å². The molecule has 118 valence electrons. The van der Waals surface area contributed by atoms with Crippen molar-refractivity contribution in [3.8, 4) is 0 Å². The molecule has 1 aliphatic rings. The summed E-state index contributed by atoms with van der Waals surface area (Å²) < 4.78 is 28.8. The molecule has 1 aliphatic heterocycles. The van der Waals surface area contributed by atoms with Crippen LogP contribution in [-0.4, -0.2) is 37.3 Å². The van der Waals surface area contributed by atoms with Crippen molar-refractivity contribution in [2.75, 3.05) is 18.0 Å². The number of hydrogen-bond donors (Lipinski definition) is 1. The smallest absolute Gasteiger partial charge is 0.258 e. The number of anilines is 1. The summed E-state index contributed by atoms with van der Waals surface area (Å²) in [5.74, 6) is 0. The maximum atomic E-state index is 12.4. The third-order valence-corrected chi connectivity index (χ3v) is 5.60. The molecule has 0 radical (unpaired) electrons. The van der Waals surface area contributed by atoms with Gasteiger partial charge < -0.3 is 4.90 Å². The second-order valence-electron chi connectivity index (χ2n) is 5.32. The number of sulfonamides is 1. The third-order valence-electron chi connectivity index (χ3n) is 3.75. The van der Waals surface area contributed by atoms with Crippen LogP contribution in [0.25, 0.3) is 0 Å². The fraction of sp³-hybridized carbons (Fsp3) is 0.357. The number of halogens is 1. The van der Waals surface area contributed by atoms with Gasteiger partial charge >= 0.3 is 0 Å². The van der Waals surface area contributed by atoms with Crippen LogP contribution >= 0.6 is 11.6 Å². The van der Waals surface area contributed by atoms with Crippen molar-refractivity contribution in [1.82, 2.24) is 14.5 Å². The molecule has 1 saturated heterocycles. The molecule has 1 aromatic heterocycles. The highest BCUT2D eigenvalue weighted by Gasteiger charge is 2.28. The van der Waals surface area contributed by atoms with Gasteiger partial charge in [-0.3, -0.25) is 4.68 Å². The molecule has 0 amide bonds. The van der Waals surface area contributed by atoms with Gasteiger partial charge in [-0.25, -0.2) is 13.1 Å². The Labute approximate surface area is 134 Å². The lowest BCUT2D eigenvalue weighted by atomic mass is 10.3. The topological polar surface area (TPSA) is 67.2 Å². The van der Waals surface area contributed by atoms with E-state index in [0.29, 0.717) is 11.6 Å². The zero-order chi connectivity index (χ0) is 15.7. The van der Waals surface area contributed by atoms with Gasteiger partial charge in [0.2, 0.25) is 0 Å². The molecular formula is C14H17ClN4O2S. The average molecular weight is 341 g/mol. The minimum atomic E-state index is -3.54. The molecule has 0 aliphatic carbocycles. The monoisotopic (exact) mass is 340 g/mol. The zero-order valence-corrected chi connectivity index (χ0v) is 13.7. The van der Waals surface area contributed by atoms with Gasteiger partial charge in [0.05, 0.1) is 6.20 Å². The van der Waals surface area contributed by atoms with Crippen LogP contribution in [0.4, 0.5) is 5.69 Å². The van der Waals surface area contributed by atoms with Crippen LogP contribution in [0, 0.1) is 0 Å². The normalized spacial score (nSPS) is 18.8. The molecular weight excluding hydrogens is 324 g/mol. The van der Waals surface area contributed by atoms with Crippen molar-refractivity contribution in [1.29, 1.82) is 0 Å². The van der Waals surface area contributed by atoms with Gasteiger partial charge in [0, 0.05) is 36.9 Å². The summed E-state index contributed by atoms with van der Waals surface area (Å²) in [6, 6.07) is 8.94. The molecule has 0 bridgehead atoms. The first-order valence-electron chi connectivity index (χ1n) is 6.96. The summed E-state index contributed by atoms with van der Waals surface area (Å²) in [7, 11) is -1.93. The van der Waals surface area contributed by atoms with Gasteiger partial charge in [-0.05, 0) is 36.8 Å². The second-order valence-corrected chi connectivity index (χ2v) is 7.42. The lowest BCUT2D eigenvalue weighted by molar-refractivity contribution is 0.545. The maximum absolute atomic E-state index is 12.4. The number of hydrogen-bond acceptors (Lipinski definition) is 4. The van der Waals surface area contributed by atoms with Crippen molar-refractivity contribution in [2.24, 2.45) is 7.05 Å². The Morgan fingerprint density at radius 1 is 1.27 bits per heavy atom. The van der Waals surface area contributed by atoms with Gasteiger partial charge in [-0.2, -0.15) is 5.10 Å². The Kier molecular flexibility index (Phi) is 4.12. The Hall–Kier alpha value is -1.57. The molecule has 2 heterocycles. The van der Waals surface area contributed by atoms with Gasteiger partial charge in [0.1, 0.15) is 0 Å². The number of aromatic nitrogens is 2. The summed E-state index contributed by atoms with van der Waals surface area (Å²) in [5, 5.41) is 4.77. The van der Waals surface area contributed by atoms with E-state index in [-0.39, 0.29) is 11.1 Å². The highest BCUT2D eigenvalue weighted by Crippen LogP contribution is 2.23. The number of nitrogens with zero attached hydrogens (tertiary/aromatic N) is 3. The van der Waals surface area contributed by atoms with Crippen molar-refractivity contribution >= 4 is 27.3 Å². The summed E-state index contributed by atoms with van der Waals surface area (Å²) in [5.41, 5.74) is 1.05. The Morgan fingerprint density at radius 2 is 2.00 bits per heavy atom. The van der Waals surface area contributed by atoms with E-state index < -0.39 is 10.0 Å². The second kappa shape index (κ2) is 5.91. The Balaban J connectivity index is 1.68. The van der Waals surface area contributed by atoms with E-state index in [1.165, 1.54) is 16.9 Å². The van der Waals surface area contributed by atoms with Gasteiger partial charge in [0.25, 0.3) is 10.0 Å². The van der Waals surface area contributed by atoms with Crippen molar-refractivity contribution < 1.29 is 8.42 Å². The van der Waals surface area contributed by atoms with Crippen LogP contribution in [0.5, 0.6) is 0 Å². The number of rotatable bonds is 4. The summed E-state index contributed by atoms with van der Waals surface area (Å²) in [6.07, 6.45) is 2.24. The lowest BCUT2D eigenvalue weighted by Gasteiger charge is -2.19. The first-order chi connectivity index (χ1) is 10.5. The van der Waals surface area contributed by atoms with E-state index in [9.17, 15) is 8.42 Å². The number of benzene rings is 1. The zero-order valence-electron chi connectivity index (χ0n) is 12.1. The van der Waals surface area contributed by atoms with Crippen LogP contribution in [0.1, 0.15) is 6.42 Å². The minimum absolute atomic E-state index is 0.115. The highest BCUT2D eigenvalue weighted by atomic mass is 35.5.